The molecule has 88 valence electrons. The lowest BCUT2D eigenvalue weighted by molar-refractivity contribution is 0.547. The maximum absolute atomic E-state index is 5.79. The zero-order valence-corrected chi connectivity index (χ0v) is 10.2. The summed E-state index contributed by atoms with van der Waals surface area (Å²) in [4.78, 5) is 17.0. The summed E-state index contributed by atoms with van der Waals surface area (Å²) < 4.78 is 0. The molecule has 0 aromatic carbocycles. The van der Waals surface area contributed by atoms with Crippen LogP contribution in [0.1, 0.15) is 26.6 Å². The van der Waals surface area contributed by atoms with Gasteiger partial charge in [0.1, 0.15) is 17.3 Å². The van der Waals surface area contributed by atoms with Crippen molar-refractivity contribution in [3.63, 3.8) is 0 Å². The molecule has 5 heteroatoms. The molecule has 0 unspecified atom stereocenters. The average molecular weight is 229 g/mol. The molecule has 0 fully saturated rings. The first-order valence-corrected chi connectivity index (χ1v) is 5.38. The molecule has 2 N–H and O–H groups in total. The van der Waals surface area contributed by atoms with Crippen LogP contribution in [-0.4, -0.2) is 19.9 Å². The van der Waals surface area contributed by atoms with Gasteiger partial charge in [-0.05, 0) is 0 Å². The molecule has 0 amide bonds. The fourth-order valence-corrected chi connectivity index (χ4v) is 1.36. The van der Waals surface area contributed by atoms with Crippen molar-refractivity contribution in [2.24, 2.45) is 0 Å². The summed E-state index contributed by atoms with van der Waals surface area (Å²) in [5, 5.41) is 0. The highest BCUT2D eigenvalue weighted by Crippen LogP contribution is 2.22. The number of nitrogens with two attached hydrogens (primary N) is 1. The summed E-state index contributed by atoms with van der Waals surface area (Å²) in [5.74, 6) is 1.16. The van der Waals surface area contributed by atoms with Gasteiger partial charge in [-0.2, -0.15) is 0 Å². The van der Waals surface area contributed by atoms with Gasteiger partial charge in [0.2, 0.25) is 0 Å². The van der Waals surface area contributed by atoms with Gasteiger partial charge >= 0.3 is 0 Å². The molecule has 2 aromatic rings. The van der Waals surface area contributed by atoms with E-state index in [-0.39, 0.29) is 5.41 Å². The Balaban J connectivity index is 2.54. The van der Waals surface area contributed by atoms with E-state index in [9.17, 15) is 0 Å². The minimum absolute atomic E-state index is 0.146. The van der Waals surface area contributed by atoms with E-state index in [0.717, 1.165) is 0 Å². The van der Waals surface area contributed by atoms with Gasteiger partial charge in [0.25, 0.3) is 0 Å². The van der Waals surface area contributed by atoms with Gasteiger partial charge in [-0.1, -0.05) is 20.8 Å². The largest absolute Gasteiger partial charge is 0.384 e. The monoisotopic (exact) mass is 229 g/mol. The highest BCUT2D eigenvalue weighted by molar-refractivity contribution is 5.56. The molecule has 0 radical (unpaired) electrons. The summed E-state index contributed by atoms with van der Waals surface area (Å²) in [6, 6.07) is 1.71. The fourth-order valence-electron chi connectivity index (χ4n) is 1.36. The number of rotatable bonds is 1. The first kappa shape index (κ1) is 11.4. The molecule has 2 rings (SSSR count). The second-order valence-corrected chi connectivity index (χ2v) is 4.84. The topological polar surface area (TPSA) is 77.6 Å². The van der Waals surface area contributed by atoms with E-state index in [1.807, 2.05) is 20.8 Å². The number of anilines is 1. The van der Waals surface area contributed by atoms with E-state index in [4.69, 9.17) is 5.73 Å². The molecular formula is C12H15N5. The van der Waals surface area contributed by atoms with Crippen molar-refractivity contribution in [3.05, 3.63) is 30.5 Å². The molecule has 17 heavy (non-hydrogen) atoms. The third-order valence-corrected chi connectivity index (χ3v) is 2.24. The van der Waals surface area contributed by atoms with Crippen molar-refractivity contribution in [2.75, 3.05) is 5.73 Å². The Kier molecular flexibility index (Phi) is 2.75. The maximum atomic E-state index is 5.79. The Labute approximate surface area is 100 Å². The lowest BCUT2D eigenvalue weighted by atomic mass is 9.95. The number of nitrogen functional groups attached to an aromatic ring is 1. The molecule has 0 spiro atoms. The summed E-state index contributed by atoms with van der Waals surface area (Å²) in [7, 11) is 0. The van der Waals surface area contributed by atoms with Gasteiger partial charge in [0.05, 0.1) is 11.9 Å². The molecule has 0 aliphatic rings. The van der Waals surface area contributed by atoms with Crippen LogP contribution in [0.5, 0.6) is 0 Å². The smallest absolute Gasteiger partial charge is 0.136 e. The Bertz CT molecular complexity index is 516. The van der Waals surface area contributed by atoms with Gasteiger partial charge in [-0.25, -0.2) is 9.97 Å². The van der Waals surface area contributed by atoms with Crippen LogP contribution in [0.15, 0.2) is 24.7 Å². The van der Waals surface area contributed by atoms with Crippen molar-refractivity contribution in [1.82, 2.24) is 19.9 Å². The average Bonchev–Trinajstić information content (AvgIpc) is 2.28. The Morgan fingerprint density at radius 2 is 1.82 bits per heavy atom. The van der Waals surface area contributed by atoms with E-state index in [1.54, 1.807) is 24.7 Å². The molecule has 0 saturated carbocycles. The summed E-state index contributed by atoms with van der Waals surface area (Å²) >= 11 is 0. The first-order valence-electron chi connectivity index (χ1n) is 5.38. The van der Waals surface area contributed by atoms with Crippen LogP contribution in [0, 0.1) is 0 Å². The van der Waals surface area contributed by atoms with Crippen LogP contribution < -0.4 is 5.73 Å². The maximum Gasteiger partial charge on any atom is 0.136 e. The van der Waals surface area contributed by atoms with Crippen LogP contribution in [0.25, 0.3) is 11.4 Å². The lowest BCUT2D eigenvalue weighted by Crippen LogP contribution is -2.17. The molecule has 2 aromatic heterocycles. The predicted octanol–water partition coefficient (Wildman–Crippen LogP) is 1.81. The van der Waals surface area contributed by atoms with Gasteiger partial charge < -0.3 is 5.73 Å². The second-order valence-electron chi connectivity index (χ2n) is 4.84. The van der Waals surface area contributed by atoms with E-state index >= 15 is 0 Å². The Hall–Kier alpha value is -2.04. The Morgan fingerprint density at radius 1 is 1.06 bits per heavy atom. The summed E-state index contributed by atoms with van der Waals surface area (Å²) in [6.45, 7) is 6.13. The SMILES string of the molecule is CC(C)(C)c1nc(N)cc(-c2cnccn2)n1. The van der Waals surface area contributed by atoms with Crippen LogP contribution >= 0.6 is 0 Å². The number of hydrogen-bond acceptors (Lipinski definition) is 5. The van der Waals surface area contributed by atoms with Crippen molar-refractivity contribution >= 4 is 5.82 Å². The van der Waals surface area contributed by atoms with Gasteiger partial charge in [0.15, 0.2) is 0 Å². The van der Waals surface area contributed by atoms with Crippen molar-refractivity contribution in [2.45, 2.75) is 26.2 Å². The third-order valence-electron chi connectivity index (χ3n) is 2.24. The van der Waals surface area contributed by atoms with Crippen LogP contribution in [0.2, 0.25) is 0 Å². The summed E-state index contributed by atoms with van der Waals surface area (Å²) in [6.07, 6.45) is 4.91. The highest BCUT2D eigenvalue weighted by Gasteiger charge is 2.19. The van der Waals surface area contributed by atoms with E-state index in [1.165, 1.54) is 0 Å². The fraction of sp³-hybridized carbons (Fsp3) is 0.333. The molecule has 0 saturated heterocycles. The summed E-state index contributed by atoms with van der Waals surface area (Å²) in [5.41, 5.74) is 7.05. The number of aromatic nitrogens is 4. The normalized spacial score (nSPS) is 11.5. The van der Waals surface area contributed by atoms with Crippen molar-refractivity contribution in [3.8, 4) is 11.4 Å². The predicted molar refractivity (Wildman–Crippen MR) is 66.2 cm³/mol. The Morgan fingerprint density at radius 3 is 2.41 bits per heavy atom. The van der Waals surface area contributed by atoms with Gasteiger partial charge in [0, 0.05) is 23.9 Å². The van der Waals surface area contributed by atoms with Crippen LogP contribution in [-0.2, 0) is 5.41 Å². The highest BCUT2D eigenvalue weighted by atomic mass is 15.0. The number of nitrogens with zero attached hydrogens (tertiary/aromatic N) is 4. The van der Waals surface area contributed by atoms with Crippen LogP contribution in [0.3, 0.4) is 0 Å². The molecule has 0 aliphatic carbocycles. The molecule has 5 nitrogen and oxygen atoms in total. The second kappa shape index (κ2) is 4.08. The zero-order chi connectivity index (χ0) is 12.5. The van der Waals surface area contributed by atoms with Gasteiger partial charge in [-0.3, -0.25) is 9.97 Å². The van der Waals surface area contributed by atoms with E-state index < -0.39 is 0 Å². The van der Waals surface area contributed by atoms with Crippen LogP contribution in [0.4, 0.5) is 5.82 Å². The minimum Gasteiger partial charge on any atom is -0.384 e. The van der Waals surface area contributed by atoms with E-state index in [2.05, 4.69) is 19.9 Å². The standard InChI is InChI=1S/C12H15N5/c1-12(2,3)11-16-8(6-10(13)17-11)9-7-14-4-5-15-9/h4-7H,1-3H3,(H2,13,16,17). The molecule has 0 atom stereocenters. The molecular weight excluding hydrogens is 214 g/mol. The van der Waals surface area contributed by atoms with Crippen molar-refractivity contribution in [1.29, 1.82) is 0 Å². The molecule has 0 bridgehead atoms. The minimum atomic E-state index is -0.146. The quantitative estimate of drug-likeness (QED) is 0.807. The first-order chi connectivity index (χ1) is 7.97. The number of hydrogen-bond donors (Lipinski definition) is 1. The van der Waals surface area contributed by atoms with Gasteiger partial charge in [-0.15, -0.1) is 0 Å². The zero-order valence-electron chi connectivity index (χ0n) is 10.2. The van der Waals surface area contributed by atoms with E-state index in [0.29, 0.717) is 23.0 Å². The third kappa shape index (κ3) is 2.55. The molecule has 0 aliphatic heterocycles. The molecule has 2 heterocycles. The van der Waals surface area contributed by atoms with Crippen molar-refractivity contribution < 1.29 is 0 Å². The lowest BCUT2D eigenvalue weighted by Gasteiger charge is -2.17.